The number of alkyl halides is 18. The van der Waals surface area contributed by atoms with Gasteiger partial charge in [-0.25, -0.2) is 179 Å². The first-order valence-corrected chi connectivity index (χ1v) is 49.2. The Balaban J connectivity index is -0.00000157. The smallest absolute Gasteiger partial charge is 0.462 e. The van der Waals surface area contributed by atoms with Crippen LogP contribution >= 0.6 is 0 Å². The molecule has 0 fully saturated rings. The van der Waals surface area contributed by atoms with E-state index in [9.17, 15) is 292 Å². The van der Waals surface area contributed by atoms with Gasteiger partial charge in [-0.2, -0.15) is 113 Å². The normalized spacial score (nSPS) is 12.7. The molecule has 0 aromatic heterocycles. The minimum absolute atomic E-state index is 0.0608. The number of hydrogen-bond acceptors (Lipinski definition) is 30. The minimum atomic E-state index is -6.39. The van der Waals surface area contributed by atoms with E-state index >= 15 is 0 Å². The number of rotatable bonds is 23. The number of sulfonamides is 12. The van der Waals surface area contributed by atoms with Crippen LogP contribution in [0.5, 0.6) is 0 Å². The van der Waals surface area contributed by atoms with E-state index in [1.165, 1.54) is 25.1 Å². The summed E-state index contributed by atoms with van der Waals surface area (Å²) >= 11 is 0. The molecule has 4 amide bonds. The van der Waals surface area contributed by atoms with Crippen LogP contribution in [0.1, 0.15) is 37.6 Å². The topological polar surface area (TPSA) is 600 Å². The zero-order valence-corrected chi connectivity index (χ0v) is 74.8. The van der Waals surface area contributed by atoms with E-state index in [-0.39, 0.29) is 20.8 Å². The molecule has 5 aromatic rings. The average molecular weight is 2360 g/mol. The maximum absolute atomic E-state index is 13.6. The van der Waals surface area contributed by atoms with Crippen LogP contribution in [0.2, 0.25) is 0 Å². The molecule has 5 aromatic carbocycles. The molecule has 0 spiro atoms. The van der Waals surface area contributed by atoms with Crippen molar-refractivity contribution in [1.82, 2.24) is 35.4 Å². The van der Waals surface area contributed by atoms with Crippen LogP contribution in [0.15, 0.2) is 74.7 Å². The van der Waals surface area contributed by atoms with Gasteiger partial charge in [0.2, 0.25) is 55.1 Å². The predicted molar refractivity (Wildman–Crippen MR) is 375 cm³/mol. The van der Waals surface area contributed by atoms with Gasteiger partial charge in [0.1, 0.15) is 5.56 Å². The van der Waals surface area contributed by atoms with Crippen LogP contribution in [0.25, 0.3) is 0 Å². The fourth-order valence-electron chi connectivity index (χ4n) is 6.32. The van der Waals surface area contributed by atoms with Gasteiger partial charge in [0.25, 0.3) is 51.9 Å². The SMILES string of the molecule is C=C(C)C(=O)OCCCS(=O)(=O)NS(=O)(=O)C(F)(F)F.C=CC(=O)NS(=O)(=O)C(F)(F)F.CC(=O)NS(=O)(=O)C(F)(F)F.CC(=O)NS(=O)(=O)C(F)(F)F.CS(=O)(=O)NS(=O)(=O)C(F)(F)F.O=C(NS(=O)(=O)C(F)(F)F)c1c(F)c(F)c(F)c(F)c1F.O=S(=O)(NS(=O)(=O)c1c(F)c(F)c(F)c(F)c1F)c1c(F)c(F)c(F)c(F)c1F.O=S(=O)(NS(=O)(=O)c1c(F)c(F)c(F)c(F)c1F)c1ccccc1. The number of carbonyl (C=O) groups is 5. The standard InChI is InChI=1S/C12HF10NO4S2.C12H6F5NO4S2.C8HF8NO3S.C8H12F3NO6S2.C4H4F3NO3S.2C3H4F3NO3S.C2H4F3NO4S2/c13-1-3(15)7(19)11(8(20)4(1)16)28(24,25)23-29(26,27)12-9(21)5(17)2(14)6(18)10(12)22;13-7-8(14)10(16)12(11(17)9(7)15)24(21,22)18-23(19,20)6-4-2-1-3-5-6;9-2-1(3(10)5(12)6(13)4(2)11)7(18)17-21(19,20)8(14,15)16;1-6(2)7(13)18-4-3-5-19(14,15)12-20(16,17)8(9,10)11;1-2-3(9)8-12(10,11)4(5,6)7;2*1-2(8)7-11(9,10)3(4,5)6;1-11(7,8)6-12(9,10)2(3,4)5/h23H;1-5,18H;(H,17,18);12H,1,3-5H2,2H3;2H,1H2,(H,8,9);2*1H3,(H,7,8);6H,1H3. The number of esters is 1. The Labute approximate surface area is 753 Å². The number of halogens is 38. The van der Waals surface area contributed by atoms with Crippen molar-refractivity contribution in [2.45, 2.75) is 79.8 Å². The highest BCUT2D eigenvalue weighted by molar-refractivity contribution is 8.06. The summed E-state index contributed by atoms with van der Waals surface area (Å²) in [6, 6.07) is 5.75. The second-order valence-electron chi connectivity index (χ2n) is 22.8. The van der Waals surface area contributed by atoms with Gasteiger partial charge < -0.3 is 4.74 Å². The van der Waals surface area contributed by atoms with Crippen molar-refractivity contribution in [1.29, 1.82) is 0 Å². The molecular weight excluding hydrogens is 2320 g/mol. The van der Waals surface area contributed by atoms with Crippen LogP contribution in [-0.4, -0.2) is 182 Å². The van der Waals surface area contributed by atoms with Gasteiger partial charge >= 0.3 is 99.2 Å². The van der Waals surface area contributed by atoms with Gasteiger partial charge in [-0.1, -0.05) is 31.4 Å². The highest BCUT2D eigenvalue weighted by Gasteiger charge is 2.53. The predicted octanol–water partition coefficient (Wildman–Crippen LogP) is 6.49. The quantitative estimate of drug-likeness (QED) is 0.00865. The summed E-state index contributed by atoms with van der Waals surface area (Å²) in [6.45, 7) is 8.31. The number of carbonyl (C=O) groups excluding carboxylic acids is 5. The van der Waals surface area contributed by atoms with Gasteiger partial charge in [0.05, 0.1) is 23.5 Å². The van der Waals surface area contributed by atoms with Gasteiger partial charge in [0, 0.05) is 19.4 Å². The Hall–Kier alpha value is -10.5. The molecule has 0 aliphatic rings. The zero-order chi connectivity index (χ0) is 113. The van der Waals surface area contributed by atoms with Gasteiger partial charge in [-0.05, 0) is 31.6 Å². The average Bonchev–Trinajstić information content (AvgIpc) is 0.706. The van der Waals surface area contributed by atoms with Crippen molar-refractivity contribution in [3.05, 3.63) is 177 Å². The van der Waals surface area contributed by atoms with E-state index in [2.05, 4.69) is 17.9 Å². The van der Waals surface area contributed by atoms with Gasteiger partial charge in [0.15, 0.2) is 108 Å². The van der Waals surface area contributed by atoms with Crippen LogP contribution in [0.3, 0.4) is 0 Å². The summed E-state index contributed by atoms with van der Waals surface area (Å²) in [4.78, 5) is 43.5. The summed E-state index contributed by atoms with van der Waals surface area (Å²) in [5.41, 5.74) is -36.0. The van der Waals surface area contributed by atoms with Gasteiger partial charge in [-0.15, -0.1) is 16.5 Å². The molecule has 0 saturated heterocycles. The second-order valence-corrected chi connectivity index (χ2v) is 44.0. The molecular formula is C52H36F38N8O30S12. The van der Waals surface area contributed by atoms with E-state index in [0.29, 0.717) is 34.4 Å². The lowest BCUT2D eigenvalue weighted by atomic mass is 10.1. The number of benzene rings is 5. The maximum atomic E-state index is 13.6. The molecule has 0 unspecified atom stereocenters. The Morgan fingerprint density at radius 1 is 0.314 bits per heavy atom. The minimum Gasteiger partial charge on any atom is -0.462 e. The molecule has 140 heavy (non-hydrogen) atoms. The highest BCUT2D eigenvalue weighted by atomic mass is 32.3. The number of amides is 4. The Morgan fingerprint density at radius 2 is 0.543 bits per heavy atom. The fraction of sp³-hybridized carbons (Fsp3) is 0.250. The van der Waals surface area contributed by atoms with E-state index in [1.54, 1.807) is 0 Å². The molecule has 0 aliphatic carbocycles. The molecule has 0 atom stereocenters. The molecule has 0 radical (unpaired) electrons. The van der Waals surface area contributed by atoms with Crippen LogP contribution in [-0.2, 0) is 144 Å². The summed E-state index contributed by atoms with van der Waals surface area (Å²) < 4.78 is 740. The summed E-state index contributed by atoms with van der Waals surface area (Å²) in [5, 5.41) is 0. The van der Waals surface area contributed by atoms with Crippen molar-refractivity contribution >= 4 is 150 Å². The Bertz CT molecular complexity index is 6840. The summed E-state index contributed by atoms with van der Waals surface area (Å²) in [7, 11) is -67.1. The van der Waals surface area contributed by atoms with E-state index in [1.807, 2.05) is 0 Å². The third kappa shape index (κ3) is 37.4. The van der Waals surface area contributed by atoms with Crippen molar-refractivity contribution in [2.75, 3.05) is 18.6 Å². The molecule has 0 heterocycles. The number of nitrogens with one attached hydrogen (secondary N) is 8. The Kier molecular flexibility index (Phi) is 45.9. The van der Waals surface area contributed by atoms with Crippen molar-refractivity contribution in [2.24, 2.45) is 0 Å². The lowest BCUT2D eigenvalue weighted by molar-refractivity contribution is -0.139. The lowest BCUT2D eigenvalue weighted by Gasteiger charge is -2.12. The number of ether oxygens (including phenoxy) is 1. The first-order valence-electron chi connectivity index (χ1n) is 30.8. The van der Waals surface area contributed by atoms with Crippen LogP contribution in [0, 0.1) is 116 Å². The fourth-order valence-corrected chi connectivity index (χ4v) is 18.9. The van der Waals surface area contributed by atoms with Crippen molar-refractivity contribution in [3.63, 3.8) is 0 Å². The molecule has 38 nitrogen and oxygen atoms in total. The first kappa shape index (κ1) is 134. The van der Waals surface area contributed by atoms with E-state index < -0.39 is 337 Å². The molecule has 0 bridgehead atoms. The molecule has 802 valence electrons. The summed E-state index contributed by atoms with van der Waals surface area (Å²) in [5.74, 6) is -64.1. The molecule has 8 N–H and O–H groups in total. The lowest BCUT2D eigenvalue weighted by Crippen LogP contribution is -2.41. The molecule has 0 saturated carbocycles. The number of hydrogen-bond donors (Lipinski definition) is 8. The first-order chi connectivity index (χ1) is 61.6. The van der Waals surface area contributed by atoms with E-state index in [0.717, 1.165) is 30.4 Å². The largest absolute Gasteiger partial charge is 0.516 e. The second kappa shape index (κ2) is 48.1. The van der Waals surface area contributed by atoms with Crippen LogP contribution in [0.4, 0.5) is 167 Å². The highest BCUT2D eigenvalue weighted by Crippen LogP contribution is 2.34. The van der Waals surface area contributed by atoms with Crippen molar-refractivity contribution < 1.29 is 297 Å². The summed E-state index contributed by atoms with van der Waals surface area (Å²) in [6.07, 6.45) is 0.349. The van der Waals surface area contributed by atoms with E-state index in [4.69, 9.17) is 0 Å². The maximum Gasteiger partial charge on any atom is 0.516 e. The molecule has 0 aliphatic heterocycles. The molecule has 5 rings (SSSR count). The van der Waals surface area contributed by atoms with Gasteiger partial charge in [-0.3, -0.25) is 19.2 Å². The monoisotopic (exact) mass is 2360 g/mol. The third-order valence-electron chi connectivity index (χ3n) is 11.9. The van der Waals surface area contributed by atoms with Crippen molar-refractivity contribution in [3.8, 4) is 0 Å². The molecule has 88 heteroatoms. The Morgan fingerprint density at radius 3 is 0.764 bits per heavy atom. The third-order valence-corrected chi connectivity index (χ3v) is 29.5. The zero-order valence-electron chi connectivity index (χ0n) is 65.0. The van der Waals surface area contributed by atoms with Crippen LogP contribution < -0.4 is 35.4 Å².